The maximum atomic E-state index is 13.1. The number of benzene rings is 1. The van der Waals surface area contributed by atoms with E-state index >= 15 is 0 Å². The number of nitrogens with zero attached hydrogens (tertiary/aromatic N) is 1. The van der Waals surface area contributed by atoms with Gasteiger partial charge >= 0.3 is 5.70 Å². The van der Waals surface area contributed by atoms with Crippen molar-refractivity contribution in [3.8, 4) is 0 Å². The Hall–Kier alpha value is -3.68. The van der Waals surface area contributed by atoms with E-state index in [1.165, 1.54) is 31.5 Å². The monoisotopic (exact) mass is 352 g/mol. The fraction of sp³-hybridized carbons (Fsp3) is 0.111. The molecule has 1 atom stereocenters. The Morgan fingerprint density at radius 2 is 1.77 bits per heavy atom. The lowest BCUT2D eigenvalue weighted by Gasteiger charge is -2.29. The molecule has 0 saturated carbocycles. The fourth-order valence-electron chi connectivity index (χ4n) is 3.26. The molecule has 2 aromatic rings. The molecule has 1 N–H and O–H groups in total. The van der Waals surface area contributed by atoms with Crippen molar-refractivity contribution < 1.29 is 23.7 Å². The quantitative estimate of drug-likeness (QED) is 0.667. The minimum absolute atomic E-state index is 0.0886. The summed E-state index contributed by atoms with van der Waals surface area (Å²) in [7, 11) is 1.44. The number of Topliss-reactive ketones (excluding diaryl/α,β-unsaturated/α-hetero) is 2. The van der Waals surface area contributed by atoms with Gasteiger partial charge in [-0.05, 0) is 12.1 Å². The molecule has 4 rings (SSSR count). The van der Waals surface area contributed by atoms with Crippen LogP contribution in [0.2, 0.25) is 0 Å². The van der Waals surface area contributed by atoms with Crippen molar-refractivity contribution in [3.63, 3.8) is 0 Å². The normalized spacial score (nSPS) is 19.0. The van der Waals surface area contributed by atoms with Crippen molar-refractivity contribution >= 4 is 11.6 Å². The van der Waals surface area contributed by atoms with Gasteiger partial charge in [0.2, 0.25) is 5.78 Å². The molecule has 0 amide bonds. The van der Waals surface area contributed by atoms with Crippen molar-refractivity contribution in [1.82, 2.24) is 5.32 Å². The molecule has 8 nitrogen and oxygen atoms in total. The summed E-state index contributed by atoms with van der Waals surface area (Å²) in [5, 5.41) is 14.3. The first kappa shape index (κ1) is 15.8. The molecule has 130 valence electrons. The number of nitro groups is 1. The van der Waals surface area contributed by atoms with Gasteiger partial charge in [-0.3, -0.25) is 19.7 Å². The number of carbonyl (C=O) groups is 2. The molecular weight excluding hydrogens is 340 g/mol. The van der Waals surface area contributed by atoms with E-state index < -0.39 is 22.4 Å². The van der Waals surface area contributed by atoms with Crippen molar-refractivity contribution in [3.05, 3.63) is 92.6 Å². The number of carbonyl (C=O) groups excluding carboxylic acids is 2. The molecular formula is C18H12N2O6. The molecule has 0 spiro atoms. The van der Waals surface area contributed by atoms with Gasteiger partial charge in [0.15, 0.2) is 11.5 Å². The predicted octanol–water partition coefficient (Wildman–Crippen LogP) is 2.39. The van der Waals surface area contributed by atoms with Gasteiger partial charge in [-0.25, -0.2) is 0 Å². The van der Waals surface area contributed by atoms with Gasteiger partial charge in [-0.15, -0.1) is 0 Å². The SMILES string of the molecule is CNC1=C([N+](=O)[O-])C(c2ccco2)C2=C(O1)C(=O)c1ccccc1C2=O. The fourth-order valence-corrected chi connectivity index (χ4v) is 3.26. The van der Waals surface area contributed by atoms with Crippen LogP contribution in [0.15, 0.2) is 70.0 Å². The zero-order valence-electron chi connectivity index (χ0n) is 13.5. The second-order valence-corrected chi connectivity index (χ2v) is 5.72. The van der Waals surface area contributed by atoms with Crippen LogP contribution in [0.5, 0.6) is 0 Å². The second-order valence-electron chi connectivity index (χ2n) is 5.72. The highest BCUT2D eigenvalue weighted by Gasteiger charge is 2.49. The molecule has 8 heteroatoms. The lowest BCUT2D eigenvalue weighted by atomic mass is 9.79. The average molecular weight is 352 g/mol. The molecule has 1 aromatic heterocycles. The first-order chi connectivity index (χ1) is 12.5. The summed E-state index contributed by atoms with van der Waals surface area (Å²) in [5.41, 5.74) is -0.0856. The molecule has 2 heterocycles. The Morgan fingerprint density at radius 1 is 1.08 bits per heavy atom. The van der Waals surface area contributed by atoms with Crippen molar-refractivity contribution in [1.29, 1.82) is 0 Å². The van der Waals surface area contributed by atoms with E-state index in [0.717, 1.165) is 0 Å². The highest BCUT2D eigenvalue weighted by molar-refractivity contribution is 6.27. The molecule has 1 aromatic carbocycles. The summed E-state index contributed by atoms with van der Waals surface area (Å²) >= 11 is 0. The number of allylic oxidation sites excluding steroid dienone is 2. The first-order valence-electron chi connectivity index (χ1n) is 7.74. The van der Waals surface area contributed by atoms with Crippen LogP contribution < -0.4 is 5.32 Å². The lowest BCUT2D eigenvalue weighted by Crippen LogP contribution is -2.35. The second kappa shape index (κ2) is 5.69. The van der Waals surface area contributed by atoms with E-state index in [-0.39, 0.29) is 39.8 Å². The summed E-state index contributed by atoms with van der Waals surface area (Å²) in [6.45, 7) is 0. The van der Waals surface area contributed by atoms with Gasteiger partial charge in [0.1, 0.15) is 11.7 Å². The van der Waals surface area contributed by atoms with E-state index in [1.807, 2.05) is 0 Å². The Morgan fingerprint density at radius 3 is 2.35 bits per heavy atom. The van der Waals surface area contributed by atoms with Gasteiger partial charge in [0, 0.05) is 18.2 Å². The average Bonchev–Trinajstić information content (AvgIpc) is 3.18. The Labute approximate surface area is 146 Å². The number of furan rings is 1. The lowest BCUT2D eigenvalue weighted by molar-refractivity contribution is -0.433. The van der Waals surface area contributed by atoms with Gasteiger partial charge in [0.05, 0.1) is 16.8 Å². The zero-order chi connectivity index (χ0) is 18.4. The molecule has 2 aliphatic rings. The summed E-state index contributed by atoms with van der Waals surface area (Å²) in [6, 6.07) is 9.39. The molecule has 1 aliphatic carbocycles. The van der Waals surface area contributed by atoms with E-state index in [2.05, 4.69) is 5.32 Å². The van der Waals surface area contributed by atoms with Crippen molar-refractivity contribution in [2.45, 2.75) is 5.92 Å². The molecule has 0 saturated heterocycles. The minimum atomic E-state index is -1.16. The van der Waals surface area contributed by atoms with Crippen LogP contribution in [0, 0.1) is 10.1 Å². The van der Waals surface area contributed by atoms with E-state index in [0.29, 0.717) is 0 Å². The number of ether oxygens (including phenoxy) is 1. The number of hydrogen-bond donors (Lipinski definition) is 1. The highest BCUT2D eigenvalue weighted by Crippen LogP contribution is 2.44. The maximum absolute atomic E-state index is 13.1. The van der Waals surface area contributed by atoms with Gasteiger partial charge in [-0.2, -0.15) is 0 Å². The smallest absolute Gasteiger partial charge is 0.320 e. The third-order valence-corrected chi connectivity index (χ3v) is 4.36. The van der Waals surface area contributed by atoms with Crippen molar-refractivity contribution in [2.75, 3.05) is 7.05 Å². The van der Waals surface area contributed by atoms with E-state index in [1.54, 1.807) is 18.2 Å². The van der Waals surface area contributed by atoms with E-state index in [9.17, 15) is 19.7 Å². The van der Waals surface area contributed by atoms with Crippen LogP contribution in [0.1, 0.15) is 32.4 Å². The first-order valence-corrected chi connectivity index (χ1v) is 7.74. The summed E-state index contributed by atoms with van der Waals surface area (Å²) in [4.78, 5) is 37.0. The molecule has 1 aliphatic heterocycles. The topological polar surface area (TPSA) is 112 Å². The number of rotatable bonds is 3. The maximum Gasteiger partial charge on any atom is 0.320 e. The molecule has 0 radical (unpaired) electrons. The number of hydrogen-bond acceptors (Lipinski definition) is 7. The van der Waals surface area contributed by atoms with Crippen LogP contribution >= 0.6 is 0 Å². The number of nitrogens with one attached hydrogen (secondary N) is 1. The van der Waals surface area contributed by atoms with Crippen molar-refractivity contribution in [2.24, 2.45) is 0 Å². The largest absolute Gasteiger partial charge is 0.468 e. The number of fused-ring (bicyclic) bond motifs is 1. The summed E-state index contributed by atoms with van der Waals surface area (Å²) < 4.78 is 10.8. The summed E-state index contributed by atoms with van der Waals surface area (Å²) in [5.74, 6) is -2.38. The Bertz CT molecular complexity index is 1020. The minimum Gasteiger partial charge on any atom is -0.468 e. The molecule has 26 heavy (non-hydrogen) atoms. The zero-order valence-corrected chi connectivity index (χ0v) is 13.5. The Kier molecular flexibility index (Phi) is 3.47. The third-order valence-electron chi connectivity index (χ3n) is 4.36. The highest BCUT2D eigenvalue weighted by atomic mass is 16.6. The Balaban J connectivity index is 2.00. The molecule has 0 fully saturated rings. The van der Waals surface area contributed by atoms with E-state index in [4.69, 9.17) is 9.15 Å². The van der Waals surface area contributed by atoms with Gasteiger partial charge in [-0.1, -0.05) is 24.3 Å². The molecule has 1 unspecified atom stereocenters. The van der Waals surface area contributed by atoms with Crippen LogP contribution in [0.4, 0.5) is 0 Å². The standard InChI is InChI=1S/C18H12N2O6/c1-19-18-14(20(23)24)12(11-7-4-8-25-11)13-15(21)9-5-2-3-6-10(9)16(22)17(13)26-18/h2-8,12,19H,1H3. The molecule has 0 bridgehead atoms. The predicted molar refractivity (Wildman–Crippen MR) is 87.7 cm³/mol. The van der Waals surface area contributed by atoms with Crippen LogP contribution in [-0.2, 0) is 4.74 Å². The van der Waals surface area contributed by atoms with Gasteiger partial charge in [0.25, 0.3) is 5.88 Å². The summed E-state index contributed by atoms with van der Waals surface area (Å²) in [6.07, 6.45) is 1.35. The van der Waals surface area contributed by atoms with Gasteiger partial charge < -0.3 is 14.5 Å². The number of ketones is 2. The van der Waals surface area contributed by atoms with Crippen LogP contribution in [0.3, 0.4) is 0 Å². The third kappa shape index (κ3) is 2.08. The van der Waals surface area contributed by atoms with Crippen LogP contribution in [-0.4, -0.2) is 23.5 Å². The van der Waals surface area contributed by atoms with Crippen LogP contribution in [0.25, 0.3) is 0 Å².